The van der Waals surface area contributed by atoms with Crippen molar-refractivity contribution >= 4 is 5.91 Å². The van der Waals surface area contributed by atoms with Gasteiger partial charge in [-0.1, -0.05) is 0 Å². The standard InChI is InChI=1S/C15H28N2O4/c18-13(10-20-11-14-3-2-8-21-14)9-16-7-1-4-15(19)17-12-5-6-12/h12-14,16,18H,1-11H2,(H,17,19). The van der Waals surface area contributed by atoms with Crippen LogP contribution in [-0.2, 0) is 14.3 Å². The Morgan fingerprint density at radius 1 is 1.38 bits per heavy atom. The second kappa shape index (κ2) is 9.35. The number of hydrogen-bond donors (Lipinski definition) is 3. The summed E-state index contributed by atoms with van der Waals surface area (Å²) in [7, 11) is 0. The van der Waals surface area contributed by atoms with Crippen molar-refractivity contribution in [2.24, 2.45) is 0 Å². The van der Waals surface area contributed by atoms with Crippen LogP contribution in [0.25, 0.3) is 0 Å². The lowest BCUT2D eigenvalue weighted by atomic mass is 10.2. The average Bonchev–Trinajstić information content (AvgIpc) is 3.11. The lowest BCUT2D eigenvalue weighted by Gasteiger charge is -2.14. The van der Waals surface area contributed by atoms with Crippen LogP contribution in [-0.4, -0.2) is 62.2 Å². The van der Waals surface area contributed by atoms with E-state index in [0.717, 1.165) is 45.3 Å². The Hall–Kier alpha value is -0.690. The maximum absolute atomic E-state index is 11.4. The number of carbonyl (C=O) groups is 1. The highest BCUT2D eigenvalue weighted by Gasteiger charge is 2.22. The van der Waals surface area contributed by atoms with Gasteiger partial charge in [-0.2, -0.15) is 0 Å². The van der Waals surface area contributed by atoms with Crippen molar-refractivity contribution in [2.45, 2.75) is 56.8 Å². The number of rotatable bonds is 11. The molecule has 0 radical (unpaired) electrons. The van der Waals surface area contributed by atoms with E-state index in [-0.39, 0.29) is 12.0 Å². The van der Waals surface area contributed by atoms with Crippen LogP contribution < -0.4 is 10.6 Å². The van der Waals surface area contributed by atoms with Crippen molar-refractivity contribution in [3.63, 3.8) is 0 Å². The minimum absolute atomic E-state index is 0.139. The Balaban J connectivity index is 1.36. The molecule has 0 aromatic rings. The Labute approximate surface area is 126 Å². The van der Waals surface area contributed by atoms with Crippen LogP contribution in [0.15, 0.2) is 0 Å². The van der Waals surface area contributed by atoms with Gasteiger partial charge in [0.1, 0.15) is 0 Å². The molecule has 2 rings (SSSR count). The third kappa shape index (κ3) is 7.76. The van der Waals surface area contributed by atoms with Gasteiger partial charge in [-0.15, -0.1) is 0 Å². The van der Waals surface area contributed by atoms with E-state index in [9.17, 15) is 9.90 Å². The summed E-state index contributed by atoms with van der Waals surface area (Å²) >= 11 is 0. The summed E-state index contributed by atoms with van der Waals surface area (Å²) in [4.78, 5) is 11.4. The minimum atomic E-state index is -0.508. The molecule has 1 aliphatic carbocycles. The van der Waals surface area contributed by atoms with Gasteiger partial charge in [0.25, 0.3) is 0 Å². The van der Waals surface area contributed by atoms with Crippen LogP contribution in [0.1, 0.15) is 38.5 Å². The molecule has 2 aliphatic rings. The van der Waals surface area contributed by atoms with Crippen LogP contribution >= 0.6 is 0 Å². The molecule has 6 heteroatoms. The quantitative estimate of drug-likeness (QED) is 0.475. The second-order valence-electron chi connectivity index (χ2n) is 5.98. The van der Waals surface area contributed by atoms with Gasteiger partial charge in [-0.25, -0.2) is 0 Å². The van der Waals surface area contributed by atoms with E-state index >= 15 is 0 Å². The number of ether oxygens (including phenoxy) is 2. The van der Waals surface area contributed by atoms with Crippen LogP contribution in [0.5, 0.6) is 0 Å². The Morgan fingerprint density at radius 2 is 2.24 bits per heavy atom. The molecular formula is C15H28N2O4. The first-order valence-corrected chi connectivity index (χ1v) is 8.11. The van der Waals surface area contributed by atoms with Gasteiger partial charge in [-0.3, -0.25) is 4.79 Å². The number of carbonyl (C=O) groups excluding carboxylic acids is 1. The lowest BCUT2D eigenvalue weighted by Crippen LogP contribution is -2.32. The third-order valence-corrected chi connectivity index (χ3v) is 3.72. The van der Waals surface area contributed by atoms with Crippen LogP contribution in [0.3, 0.4) is 0 Å². The molecule has 1 saturated heterocycles. The summed E-state index contributed by atoms with van der Waals surface area (Å²) in [6.45, 7) is 2.95. The van der Waals surface area contributed by atoms with Gasteiger partial charge in [0.05, 0.1) is 25.4 Å². The number of aliphatic hydroxyl groups excluding tert-OH is 1. The van der Waals surface area contributed by atoms with Gasteiger partial charge in [-0.05, 0) is 38.6 Å². The third-order valence-electron chi connectivity index (χ3n) is 3.72. The smallest absolute Gasteiger partial charge is 0.220 e. The predicted molar refractivity (Wildman–Crippen MR) is 79.1 cm³/mol. The molecule has 1 aliphatic heterocycles. The second-order valence-corrected chi connectivity index (χ2v) is 5.98. The molecule has 122 valence electrons. The summed E-state index contributed by atoms with van der Waals surface area (Å²) in [6.07, 6.45) is 5.45. The molecule has 1 amide bonds. The van der Waals surface area contributed by atoms with E-state index in [1.165, 1.54) is 0 Å². The molecule has 0 aromatic heterocycles. The van der Waals surface area contributed by atoms with Crippen LogP contribution in [0.2, 0.25) is 0 Å². The number of nitrogens with one attached hydrogen (secondary N) is 2. The highest BCUT2D eigenvalue weighted by molar-refractivity contribution is 5.76. The Kier molecular flexibility index (Phi) is 7.43. The van der Waals surface area contributed by atoms with Crippen molar-refractivity contribution in [3.8, 4) is 0 Å². The fraction of sp³-hybridized carbons (Fsp3) is 0.933. The summed E-state index contributed by atoms with van der Waals surface area (Å²) in [5.74, 6) is 0.139. The van der Waals surface area contributed by atoms with Crippen molar-refractivity contribution in [1.29, 1.82) is 0 Å². The monoisotopic (exact) mass is 300 g/mol. The maximum atomic E-state index is 11.4. The van der Waals surface area contributed by atoms with E-state index in [1.54, 1.807) is 0 Å². The SMILES string of the molecule is O=C(CCCNCC(O)COCC1CCCO1)NC1CC1. The van der Waals surface area contributed by atoms with E-state index in [2.05, 4.69) is 10.6 Å². The van der Waals surface area contributed by atoms with Gasteiger partial charge in [0.15, 0.2) is 0 Å². The lowest BCUT2D eigenvalue weighted by molar-refractivity contribution is -0.121. The first-order valence-electron chi connectivity index (χ1n) is 8.11. The Bertz CT molecular complexity index is 304. The predicted octanol–water partition coefficient (Wildman–Crippen LogP) is 0.191. The zero-order valence-electron chi connectivity index (χ0n) is 12.7. The van der Waals surface area contributed by atoms with Gasteiger partial charge in [0.2, 0.25) is 5.91 Å². The van der Waals surface area contributed by atoms with Crippen molar-refractivity contribution in [1.82, 2.24) is 10.6 Å². The zero-order chi connectivity index (χ0) is 14.9. The molecule has 1 heterocycles. The molecular weight excluding hydrogens is 272 g/mol. The highest BCUT2D eigenvalue weighted by atomic mass is 16.5. The van der Waals surface area contributed by atoms with Gasteiger partial charge >= 0.3 is 0 Å². The first-order chi connectivity index (χ1) is 10.2. The van der Waals surface area contributed by atoms with Crippen molar-refractivity contribution in [2.75, 3.05) is 32.9 Å². The summed E-state index contributed by atoms with van der Waals surface area (Å²) < 4.78 is 10.9. The van der Waals surface area contributed by atoms with E-state index in [0.29, 0.717) is 32.2 Å². The molecule has 1 saturated carbocycles. The molecule has 2 fully saturated rings. The fourth-order valence-electron chi connectivity index (χ4n) is 2.34. The normalized spacial score (nSPS) is 23.2. The molecule has 6 nitrogen and oxygen atoms in total. The average molecular weight is 300 g/mol. The zero-order valence-corrected chi connectivity index (χ0v) is 12.7. The fourth-order valence-corrected chi connectivity index (χ4v) is 2.34. The van der Waals surface area contributed by atoms with E-state index in [4.69, 9.17) is 9.47 Å². The Morgan fingerprint density at radius 3 is 2.95 bits per heavy atom. The molecule has 2 atom stereocenters. The molecule has 2 unspecified atom stereocenters. The summed E-state index contributed by atoms with van der Waals surface area (Å²) in [5, 5.41) is 15.9. The highest BCUT2D eigenvalue weighted by Crippen LogP contribution is 2.18. The van der Waals surface area contributed by atoms with Crippen LogP contribution in [0, 0.1) is 0 Å². The maximum Gasteiger partial charge on any atom is 0.220 e. The molecule has 21 heavy (non-hydrogen) atoms. The topological polar surface area (TPSA) is 79.8 Å². The summed E-state index contributed by atoms with van der Waals surface area (Å²) in [6, 6.07) is 0.438. The molecule has 0 aromatic carbocycles. The first kappa shape index (κ1) is 16.7. The largest absolute Gasteiger partial charge is 0.389 e. The minimum Gasteiger partial charge on any atom is -0.389 e. The molecule has 0 spiro atoms. The van der Waals surface area contributed by atoms with Gasteiger partial charge in [0, 0.05) is 25.6 Å². The summed E-state index contributed by atoms with van der Waals surface area (Å²) in [5.41, 5.74) is 0. The molecule has 3 N–H and O–H groups in total. The van der Waals surface area contributed by atoms with Crippen molar-refractivity contribution in [3.05, 3.63) is 0 Å². The number of hydrogen-bond acceptors (Lipinski definition) is 5. The van der Waals surface area contributed by atoms with E-state index < -0.39 is 6.10 Å². The van der Waals surface area contributed by atoms with Crippen LogP contribution in [0.4, 0.5) is 0 Å². The number of amides is 1. The molecule has 0 bridgehead atoms. The van der Waals surface area contributed by atoms with Gasteiger partial charge < -0.3 is 25.2 Å². The van der Waals surface area contributed by atoms with Crippen molar-refractivity contribution < 1.29 is 19.4 Å². The van der Waals surface area contributed by atoms with E-state index in [1.807, 2.05) is 0 Å². The number of aliphatic hydroxyl groups is 1.